The van der Waals surface area contributed by atoms with Gasteiger partial charge in [0.25, 0.3) is 0 Å². The molecule has 4 heteroatoms. The van der Waals surface area contributed by atoms with Crippen LogP contribution < -0.4 is 0 Å². The van der Waals surface area contributed by atoms with Gasteiger partial charge in [-0.1, -0.05) is 13.8 Å². The van der Waals surface area contributed by atoms with E-state index in [0.717, 1.165) is 25.2 Å². The normalized spacial score (nSPS) is 31.6. The van der Waals surface area contributed by atoms with Gasteiger partial charge in [0, 0.05) is 11.1 Å². The van der Waals surface area contributed by atoms with Gasteiger partial charge in [-0.3, -0.25) is 0 Å². The summed E-state index contributed by atoms with van der Waals surface area (Å²) in [5.41, 5.74) is 0. The van der Waals surface area contributed by atoms with E-state index in [1.165, 1.54) is 12.8 Å². The summed E-state index contributed by atoms with van der Waals surface area (Å²) >= 11 is 6.28. The number of hydrogen-bond donors (Lipinski definition) is 0. The van der Waals surface area contributed by atoms with E-state index in [2.05, 4.69) is 6.92 Å². The first-order valence-electron chi connectivity index (χ1n) is 6.29. The maximum Gasteiger partial charge on any atom is 0.150 e. The van der Waals surface area contributed by atoms with Crippen LogP contribution in [0, 0.1) is 11.8 Å². The lowest BCUT2D eigenvalue weighted by atomic mass is 9.80. The molecule has 0 spiro atoms. The van der Waals surface area contributed by atoms with Crippen LogP contribution in [0.25, 0.3) is 0 Å². The molecule has 0 aliphatic heterocycles. The molecule has 1 aliphatic carbocycles. The molecule has 0 aromatic carbocycles. The lowest BCUT2D eigenvalue weighted by Gasteiger charge is -2.31. The second-order valence-electron chi connectivity index (χ2n) is 5.07. The predicted octanol–water partition coefficient (Wildman–Crippen LogP) is 3.24. The zero-order valence-corrected chi connectivity index (χ0v) is 11.9. The van der Waals surface area contributed by atoms with Gasteiger partial charge >= 0.3 is 0 Å². The van der Waals surface area contributed by atoms with Crippen molar-refractivity contribution in [2.24, 2.45) is 11.8 Å². The smallest absolute Gasteiger partial charge is 0.150 e. The molecule has 0 aromatic rings. The molecule has 1 rings (SSSR count). The minimum atomic E-state index is -2.79. The lowest BCUT2D eigenvalue weighted by Crippen LogP contribution is -2.24. The Morgan fingerprint density at radius 3 is 2.62 bits per heavy atom. The highest BCUT2D eigenvalue weighted by Crippen LogP contribution is 2.35. The van der Waals surface area contributed by atoms with E-state index < -0.39 is 9.84 Å². The van der Waals surface area contributed by atoms with E-state index in [9.17, 15) is 8.42 Å². The van der Waals surface area contributed by atoms with Gasteiger partial charge in [0.05, 0.1) is 5.75 Å². The molecule has 0 bridgehead atoms. The molecule has 2 nitrogen and oxygen atoms in total. The Morgan fingerprint density at radius 2 is 2.00 bits per heavy atom. The molecule has 16 heavy (non-hydrogen) atoms. The van der Waals surface area contributed by atoms with Crippen LogP contribution in [-0.2, 0) is 9.84 Å². The lowest BCUT2D eigenvalue weighted by molar-refractivity contribution is 0.274. The third-order valence-corrected chi connectivity index (χ3v) is 5.99. The van der Waals surface area contributed by atoms with E-state index in [-0.39, 0.29) is 11.1 Å². The maximum atomic E-state index is 11.4. The van der Waals surface area contributed by atoms with E-state index in [1.807, 2.05) is 0 Å². The van der Waals surface area contributed by atoms with Crippen LogP contribution in [0.2, 0.25) is 0 Å². The van der Waals surface area contributed by atoms with Gasteiger partial charge in [-0.25, -0.2) is 8.42 Å². The largest absolute Gasteiger partial charge is 0.229 e. The average Bonchev–Trinajstić information content (AvgIpc) is 2.23. The first kappa shape index (κ1) is 14.3. The summed E-state index contributed by atoms with van der Waals surface area (Å²) in [7, 11) is -2.79. The van der Waals surface area contributed by atoms with Gasteiger partial charge in [-0.05, 0) is 43.9 Å². The van der Waals surface area contributed by atoms with E-state index in [4.69, 9.17) is 11.6 Å². The molecule has 1 fully saturated rings. The summed E-state index contributed by atoms with van der Waals surface area (Å²) in [4.78, 5) is 0. The molecule has 3 atom stereocenters. The molecular formula is C12H23ClO2S. The van der Waals surface area contributed by atoms with Gasteiger partial charge in [0.2, 0.25) is 0 Å². The van der Waals surface area contributed by atoms with Gasteiger partial charge in [0.15, 0.2) is 0 Å². The van der Waals surface area contributed by atoms with Crippen molar-refractivity contribution in [2.75, 3.05) is 11.5 Å². The highest BCUT2D eigenvalue weighted by atomic mass is 35.5. The Labute approximate surface area is 105 Å². The molecule has 0 N–H and O–H groups in total. The Bertz CT molecular complexity index is 300. The topological polar surface area (TPSA) is 34.1 Å². The monoisotopic (exact) mass is 266 g/mol. The van der Waals surface area contributed by atoms with Crippen LogP contribution in [0.15, 0.2) is 0 Å². The fourth-order valence-corrected chi connectivity index (χ4v) is 3.72. The average molecular weight is 267 g/mol. The van der Waals surface area contributed by atoms with Crippen LogP contribution in [-0.4, -0.2) is 25.3 Å². The van der Waals surface area contributed by atoms with E-state index in [1.54, 1.807) is 6.92 Å². The maximum absolute atomic E-state index is 11.4. The standard InChI is InChI=1S/C12H23ClO2S/c1-3-16(14,15)8-4-5-11-9-10(2)6-7-12(11)13/h10-12H,3-9H2,1-2H3. The van der Waals surface area contributed by atoms with Gasteiger partial charge in [-0.2, -0.15) is 0 Å². The molecule has 96 valence electrons. The summed E-state index contributed by atoms with van der Waals surface area (Å²) in [5, 5.41) is 0.264. The molecule has 0 heterocycles. The minimum Gasteiger partial charge on any atom is -0.229 e. The van der Waals surface area contributed by atoms with E-state index in [0.29, 0.717) is 11.7 Å². The summed E-state index contributed by atoms with van der Waals surface area (Å²) in [6.45, 7) is 3.97. The van der Waals surface area contributed by atoms with Crippen molar-refractivity contribution in [3.8, 4) is 0 Å². The van der Waals surface area contributed by atoms with E-state index >= 15 is 0 Å². The number of alkyl halides is 1. The summed E-state index contributed by atoms with van der Waals surface area (Å²) in [6, 6.07) is 0. The van der Waals surface area contributed by atoms with Crippen LogP contribution in [0.3, 0.4) is 0 Å². The summed E-state index contributed by atoms with van der Waals surface area (Å²) in [6.07, 6.45) is 5.22. The van der Waals surface area contributed by atoms with Gasteiger partial charge in [0.1, 0.15) is 9.84 Å². The molecule has 0 amide bonds. The number of sulfone groups is 1. The van der Waals surface area contributed by atoms with Crippen molar-refractivity contribution in [3.63, 3.8) is 0 Å². The van der Waals surface area contributed by atoms with Crippen molar-refractivity contribution in [3.05, 3.63) is 0 Å². The first-order chi connectivity index (χ1) is 7.44. The molecule has 0 aromatic heterocycles. The Morgan fingerprint density at radius 1 is 1.31 bits per heavy atom. The van der Waals surface area contributed by atoms with Crippen LogP contribution >= 0.6 is 11.6 Å². The second-order valence-corrected chi connectivity index (χ2v) is 8.11. The molecule has 0 radical (unpaired) electrons. The third-order valence-electron chi connectivity index (χ3n) is 3.62. The highest BCUT2D eigenvalue weighted by Gasteiger charge is 2.26. The molecule has 1 aliphatic rings. The summed E-state index contributed by atoms with van der Waals surface area (Å²) < 4.78 is 22.7. The molecule has 3 unspecified atom stereocenters. The minimum absolute atomic E-state index is 0.262. The summed E-state index contributed by atoms with van der Waals surface area (Å²) in [5.74, 6) is 1.87. The number of halogens is 1. The Kier molecular flexibility index (Phi) is 5.58. The zero-order valence-electron chi connectivity index (χ0n) is 10.3. The fourth-order valence-electron chi connectivity index (χ4n) is 2.47. The first-order valence-corrected chi connectivity index (χ1v) is 8.55. The van der Waals surface area contributed by atoms with Crippen molar-refractivity contribution in [1.82, 2.24) is 0 Å². The number of hydrogen-bond acceptors (Lipinski definition) is 2. The van der Waals surface area contributed by atoms with Gasteiger partial charge in [-0.15, -0.1) is 11.6 Å². The van der Waals surface area contributed by atoms with Crippen molar-refractivity contribution in [1.29, 1.82) is 0 Å². The van der Waals surface area contributed by atoms with Crippen LogP contribution in [0.1, 0.15) is 46.0 Å². The van der Waals surface area contributed by atoms with Crippen LogP contribution in [0.4, 0.5) is 0 Å². The molecule has 1 saturated carbocycles. The highest BCUT2D eigenvalue weighted by molar-refractivity contribution is 7.91. The quantitative estimate of drug-likeness (QED) is 0.716. The third kappa shape index (κ3) is 4.62. The molecule has 0 saturated heterocycles. The Hall–Kier alpha value is 0.240. The second kappa shape index (κ2) is 6.25. The Balaban J connectivity index is 2.31. The van der Waals surface area contributed by atoms with Crippen molar-refractivity contribution < 1.29 is 8.42 Å². The fraction of sp³-hybridized carbons (Fsp3) is 1.00. The predicted molar refractivity (Wildman–Crippen MR) is 69.7 cm³/mol. The number of rotatable bonds is 5. The zero-order chi connectivity index (χ0) is 12.2. The molecular weight excluding hydrogens is 244 g/mol. The van der Waals surface area contributed by atoms with Crippen molar-refractivity contribution >= 4 is 21.4 Å². The van der Waals surface area contributed by atoms with Gasteiger partial charge < -0.3 is 0 Å². The SMILES string of the molecule is CCS(=O)(=O)CCCC1CC(C)CCC1Cl. The van der Waals surface area contributed by atoms with Crippen LogP contribution in [0.5, 0.6) is 0 Å². The van der Waals surface area contributed by atoms with Crippen molar-refractivity contribution in [2.45, 2.75) is 51.3 Å².